The van der Waals surface area contributed by atoms with E-state index in [4.69, 9.17) is 4.74 Å². The molecule has 1 saturated carbocycles. The fourth-order valence-electron chi connectivity index (χ4n) is 2.98. The Kier molecular flexibility index (Phi) is 5.33. The second-order valence-corrected chi connectivity index (χ2v) is 5.92. The monoisotopic (exact) mass is 295 g/mol. The highest BCUT2D eigenvalue weighted by molar-refractivity contribution is 5.88. The Morgan fingerprint density at radius 2 is 2.10 bits per heavy atom. The second-order valence-electron chi connectivity index (χ2n) is 5.92. The predicted octanol–water partition coefficient (Wildman–Crippen LogP) is 2.44. The van der Waals surface area contributed by atoms with Crippen LogP contribution < -0.4 is 0 Å². The Hall–Kier alpha value is -1.43. The van der Waals surface area contributed by atoms with Gasteiger partial charge in [0.2, 0.25) is 0 Å². The molecule has 1 aliphatic carbocycles. The molecule has 0 radical (unpaired) electrons. The molecule has 6 nitrogen and oxygen atoms in total. The van der Waals surface area contributed by atoms with Crippen LogP contribution in [0.2, 0.25) is 0 Å². The minimum atomic E-state index is -0.435. The standard InChI is InChI=1S/C15H25N3O3/c1-4-21-15(20)13-14(10(2)3)18(17-16-13)11-8-6-5-7-9-12(11)19/h10-12,19H,4-9H2,1-3H3. The lowest BCUT2D eigenvalue weighted by Gasteiger charge is -2.23. The highest BCUT2D eigenvalue weighted by atomic mass is 16.5. The number of aliphatic hydroxyl groups excluding tert-OH is 1. The average Bonchev–Trinajstić information content (AvgIpc) is 2.77. The molecular formula is C15H25N3O3. The van der Waals surface area contributed by atoms with E-state index in [1.807, 2.05) is 13.8 Å². The lowest BCUT2D eigenvalue weighted by Crippen LogP contribution is -2.26. The molecule has 2 atom stereocenters. The van der Waals surface area contributed by atoms with E-state index in [1.165, 1.54) is 0 Å². The highest BCUT2D eigenvalue weighted by Gasteiger charge is 2.31. The largest absolute Gasteiger partial charge is 0.461 e. The molecule has 0 bridgehead atoms. The van der Waals surface area contributed by atoms with Crippen LogP contribution in [-0.4, -0.2) is 38.8 Å². The van der Waals surface area contributed by atoms with Crippen LogP contribution in [-0.2, 0) is 4.74 Å². The number of aromatic nitrogens is 3. The number of rotatable bonds is 4. The van der Waals surface area contributed by atoms with Gasteiger partial charge in [0.1, 0.15) is 0 Å². The molecular weight excluding hydrogens is 270 g/mol. The molecule has 1 heterocycles. The number of ether oxygens (including phenoxy) is 1. The molecule has 0 aliphatic heterocycles. The minimum Gasteiger partial charge on any atom is -0.461 e. The summed E-state index contributed by atoms with van der Waals surface area (Å²) in [4.78, 5) is 12.0. The van der Waals surface area contributed by atoms with E-state index in [1.54, 1.807) is 11.6 Å². The van der Waals surface area contributed by atoms with E-state index >= 15 is 0 Å². The van der Waals surface area contributed by atoms with Gasteiger partial charge in [0.15, 0.2) is 5.69 Å². The average molecular weight is 295 g/mol. The third kappa shape index (κ3) is 3.43. The number of nitrogens with zero attached hydrogens (tertiary/aromatic N) is 3. The van der Waals surface area contributed by atoms with Crippen molar-refractivity contribution in [2.75, 3.05) is 6.61 Å². The van der Waals surface area contributed by atoms with Gasteiger partial charge in [-0.25, -0.2) is 9.48 Å². The van der Waals surface area contributed by atoms with E-state index in [0.29, 0.717) is 6.61 Å². The van der Waals surface area contributed by atoms with Crippen molar-refractivity contribution < 1.29 is 14.6 Å². The van der Waals surface area contributed by atoms with Gasteiger partial charge < -0.3 is 9.84 Å². The Morgan fingerprint density at radius 1 is 1.38 bits per heavy atom. The van der Waals surface area contributed by atoms with Crippen molar-refractivity contribution in [2.45, 2.75) is 70.9 Å². The van der Waals surface area contributed by atoms with Gasteiger partial charge in [0.05, 0.1) is 24.4 Å². The Morgan fingerprint density at radius 3 is 2.76 bits per heavy atom. The van der Waals surface area contributed by atoms with E-state index in [0.717, 1.165) is 37.8 Å². The number of hydrogen-bond acceptors (Lipinski definition) is 5. The van der Waals surface area contributed by atoms with Crippen LogP contribution in [0.25, 0.3) is 0 Å². The maximum absolute atomic E-state index is 12.0. The van der Waals surface area contributed by atoms with Crippen LogP contribution in [0.3, 0.4) is 0 Å². The van der Waals surface area contributed by atoms with Gasteiger partial charge in [-0.3, -0.25) is 0 Å². The van der Waals surface area contributed by atoms with E-state index in [-0.39, 0.29) is 17.7 Å². The summed E-state index contributed by atoms with van der Waals surface area (Å²) in [5.41, 5.74) is 1.04. The first-order chi connectivity index (χ1) is 10.1. The fourth-order valence-corrected chi connectivity index (χ4v) is 2.98. The number of carbonyl (C=O) groups is 1. The third-order valence-corrected chi connectivity index (χ3v) is 4.00. The van der Waals surface area contributed by atoms with Gasteiger partial charge in [-0.05, 0) is 25.7 Å². The van der Waals surface area contributed by atoms with Gasteiger partial charge in [-0.1, -0.05) is 38.3 Å². The van der Waals surface area contributed by atoms with Crippen LogP contribution in [0, 0.1) is 0 Å². The number of hydrogen-bond donors (Lipinski definition) is 1. The molecule has 118 valence electrons. The summed E-state index contributed by atoms with van der Waals surface area (Å²) >= 11 is 0. The van der Waals surface area contributed by atoms with Gasteiger partial charge in [-0.15, -0.1) is 5.10 Å². The second kappa shape index (κ2) is 7.02. The minimum absolute atomic E-state index is 0.0925. The Labute approximate surface area is 125 Å². The molecule has 6 heteroatoms. The van der Waals surface area contributed by atoms with Crippen LogP contribution in [0.1, 0.15) is 81.0 Å². The van der Waals surface area contributed by atoms with Crippen molar-refractivity contribution in [1.29, 1.82) is 0 Å². The van der Waals surface area contributed by atoms with Crippen LogP contribution >= 0.6 is 0 Å². The molecule has 21 heavy (non-hydrogen) atoms. The molecule has 1 fully saturated rings. The molecule has 2 unspecified atom stereocenters. The molecule has 0 spiro atoms. The molecule has 0 aromatic carbocycles. The van der Waals surface area contributed by atoms with E-state index in [9.17, 15) is 9.90 Å². The first-order valence-corrected chi connectivity index (χ1v) is 7.86. The first-order valence-electron chi connectivity index (χ1n) is 7.86. The smallest absolute Gasteiger partial charge is 0.360 e. The Balaban J connectivity index is 2.36. The maximum Gasteiger partial charge on any atom is 0.360 e. The zero-order valence-electron chi connectivity index (χ0n) is 13.1. The first kappa shape index (κ1) is 15.9. The summed E-state index contributed by atoms with van der Waals surface area (Å²) in [7, 11) is 0. The number of carbonyl (C=O) groups excluding carboxylic acids is 1. The third-order valence-electron chi connectivity index (χ3n) is 4.00. The molecule has 1 aromatic rings. The lowest BCUT2D eigenvalue weighted by atomic mass is 10.0. The molecule has 0 amide bonds. The zero-order chi connectivity index (χ0) is 15.4. The molecule has 1 aliphatic rings. The highest BCUT2D eigenvalue weighted by Crippen LogP contribution is 2.31. The molecule has 0 saturated heterocycles. The fraction of sp³-hybridized carbons (Fsp3) is 0.800. The van der Waals surface area contributed by atoms with Crippen molar-refractivity contribution in [1.82, 2.24) is 15.0 Å². The van der Waals surface area contributed by atoms with Crippen molar-refractivity contribution in [3.8, 4) is 0 Å². The lowest BCUT2D eigenvalue weighted by molar-refractivity contribution is 0.0516. The Bertz CT molecular complexity index is 485. The molecule has 2 rings (SSSR count). The van der Waals surface area contributed by atoms with Crippen LogP contribution in [0.15, 0.2) is 0 Å². The summed E-state index contributed by atoms with van der Waals surface area (Å²) in [6.07, 6.45) is 4.44. The van der Waals surface area contributed by atoms with Crippen LogP contribution in [0.4, 0.5) is 0 Å². The van der Waals surface area contributed by atoms with Crippen LogP contribution in [0.5, 0.6) is 0 Å². The molecule has 1 aromatic heterocycles. The van der Waals surface area contributed by atoms with Crippen molar-refractivity contribution in [3.63, 3.8) is 0 Å². The summed E-state index contributed by atoms with van der Waals surface area (Å²) < 4.78 is 6.81. The van der Waals surface area contributed by atoms with Gasteiger partial charge in [0, 0.05) is 0 Å². The normalized spacial score (nSPS) is 23.1. The summed E-state index contributed by atoms with van der Waals surface area (Å²) in [6.45, 7) is 6.09. The quantitative estimate of drug-likeness (QED) is 0.682. The summed E-state index contributed by atoms with van der Waals surface area (Å²) in [5, 5.41) is 18.5. The maximum atomic E-state index is 12.0. The van der Waals surface area contributed by atoms with E-state index in [2.05, 4.69) is 10.3 Å². The summed E-state index contributed by atoms with van der Waals surface area (Å²) in [5.74, 6) is -0.342. The van der Waals surface area contributed by atoms with Crippen molar-refractivity contribution >= 4 is 5.97 Å². The topological polar surface area (TPSA) is 77.2 Å². The van der Waals surface area contributed by atoms with Gasteiger partial charge >= 0.3 is 5.97 Å². The SMILES string of the molecule is CCOC(=O)c1nnn(C2CCCCCC2O)c1C(C)C. The van der Waals surface area contributed by atoms with Crippen molar-refractivity contribution in [3.05, 3.63) is 11.4 Å². The van der Waals surface area contributed by atoms with Gasteiger partial charge in [-0.2, -0.15) is 0 Å². The molecule has 1 N–H and O–H groups in total. The van der Waals surface area contributed by atoms with Gasteiger partial charge in [0.25, 0.3) is 0 Å². The van der Waals surface area contributed by atoms with Crippen molar-refractivity contribution in [2.24, 2.45) is 0 Å². The number of esters is 1. The number of aliphatic hydroxyl groups is 1. The van der Waals surface area contributed by atoms with E-state index < -0.39 is 12.1 Å². The summed E-state index contributed by atoms with van der Waals surface area (Å²) in [6, 6.07) is -0.0967. The predicted molar refractivity (Wildman–Crippen MR) is 78.2 cm³/mol. The zero-order valence-corrected chi connectivity index (χ0v) is 13.1.